The highest BCUT2D eigenvalue weighted by molar-refractivity contribution is 5.60. The number of rotatable bonds is 2. The average molecular weight is 171 g/mol. The summed E-state index contributed by atoms with van der Waals surface area (Å²) in [7, 11) is 0. The molecule has 0 radical (unpaired) electrons. The van der Waals surface area contributed by atoms with E-state index >= 15 is 0 Å². The molecule has 1 aliphatic rings. The Kier molecular flexibility index (Phi) is 3.09. The van der Waals surface area contributed by atoms with Gasteiger partial charge in [-0.15, -0.1) is 5.16 Å². The Morgan fingerprint density at radius 2 is 2.50 bits per heavy atom. The summed E-state index contributed by atoms with van der Waals surface area (Å²) in [6.07, 6.45) is 4.58. The molecule has 1 rings (SSSR count). The average Bonchev–Trinajstić information content (AvgIpc) is 2.05. The predicted octanol–water partition coefficient (Wildman–Crippen LogP) is 2.04. The van der Waals surface area contributed by atoms with Gasteiger partial charge in [-0.25, -0.2) is 0 Å². The highest BCUT2D eigenvalue weighted by Gasteiger charge is 2.30. The van der Waals surface area contributed by atoms with Crippen LogP contribution in [-0.2, 0) is 4.74 Å². The second kappa shape index (κ2) is 3.90. The fraction of sp³-hybridized carbons (Fsp3) is 0.889. The van der Waals surface area contributed by atoms with Gasteiger partial charge in [0.25, 0.3) is 0 Å². The topological polar surface area (TPSA) is 41.8 Å². The lowest BCUT2D eigenvalue weighted by Crippen LogP contribution is -2.36. The normalized spacial score (nSPS) is 37.3. The van der Waals surface area contributed by atoms with Gasteiger partial charge >= 0.3 is 0 Å². The van der Waals surface area contributed by atoms with Crippen molar-refractivity contribution in [3.05, 3.63) is 0 Å². The van der Waals surface area contributed by atoms with E-state index in [-0.39, 0.29) is 5.60 Å². The van der Waals surface area contributed by atoms with Crippen LogP contribution in [0.15, 0.2) is 5.16 Å². The first-order valence-corrected chi connectivity index (χ1v) is 4.52. The zero-order chi connectivity index (χ0) is 9.03. The van der Waals surface area contributed by atoms with Crippen molar-refractivity contribution in [2.24, 2.45) is 11.1 Å². The SMILES string of the molecule is CCC1(C)CC(/C=N/O)CCO1. The minimum atomic E-state index is -0.00981. The van der Waals surface area contributed by atoms with E-state index in [0.717, 1.165) is 25.9 Å². The summed E-state index contributed by atoms with van der Waals surface area (Å²) in [6.45, 7) is 5.02. The van der Waals surface area contributed by atoms with Crippen LogP contribution in [0.1, 0.15) is 33.1 Å². The second-order valence-corrected chi connectivity index (χ2v) is 3.67. The third-order valence-corrected chi connectivity index (χ3v) is 2.66. The molecule has 2 atom stereocenters. The lowest BCUT2D eigenvalue weighted by atomic mass is 9.86. The second-order valence-electron chi connectivity index (χ2n) is 3.67. The zero-order valence-electron chi connectivity index (χ0n) is 7.79. The van der Waals surface area contributed by atoms with E-state index in [0.29, 0.717) is 5.92 Å². The molecule has 12 heavy (non-hydrogen) atoms. The molecule has 0 bridgehead atoms. The molecule has 1 saturated heterocycles. The van der Waals surface area contributed by atoms with Gasteiger partial charge in [-0.05, 0) is 26.2 Å². The summed E-state index contributed by atoms with van der Waals surface area (Å²) in [4.78, 5) is 0. The summed E-state index contributed by atoms with van der Waals surface area (Å²) < 4.78 is 5.65. The molecule has 0 amide bonds. The summed E-state index contributed by atoms with van der Waals surface area (Å²) in [5, 5.41) is 11.5. The smallest absolute Gasteiger partial charge is 0.0658 e. The summed E-state index contributed by atoms with van der Waals surface area (Å²) in [5.41, 5.74) is -0.00981. The van der Waals surface area contributed by atoms with E-state index in [1.54, 1.807) is 6.21 Å². The van der Waals surface area contributed by atoms with Crippen molar-refractivity contribution >= 4 is 6.21 Å². The molecule has 0 aromatic carbocycles. The standard InChI is InChI=1S/C9H17NO2/c1-3-9(2)6-8(7-10-11)4-5-12-9/h7-8,11H,3-6H2,1-2H3/b10-7+. The van der Waals surface area contributed by atoms with E-state index in [9.17, 15) is 0 Å². The van der Waals surface area contributed by atoms with Crippen molar-refractivity contribution in [1.82, 2.24) is 0 Å². The predicted molar refractivity (Wildman–Crippen MR) is 47.7 cm³/mol. The summed E-state index contributed by atoms with van der Waals surface area (Å²) >= 11 is 0. The van der Waals surface area contributed by atoms with Gasteiger partial charge < -0.3 is 9.94 Å². The van der Waals surface area contributed by atoms with Crippen LogP contribution in [0, 0.1) is 5.92 Å². The first-order chi connectivity index (χ1) is 5.70. The van der Waals surface area contributed by atoms with Gasteiger partial charge in [0, 0.05) is 18.7 Å². The van der Waals surface area contributed by atoms with Crippen molar-refractivity contribution in [2.75, 3.05) is 6.61 Å². The van der Waals surface area contributed by atoms with Crippen LogP contribution in [0.5, 0.6) is 0 Å². The Morgan fingerprint density at radius 3 is 3.08 bits per heavy atom. The minimum absolute atomic E-state index is 0.00981. The number of ether oxygens (including phenoxy) is 1. The number of nitrogens with zero attached hydrogens (tertiary/aromatic N) is 1. The first-order valence-electron chi connectivity index (χ1n) is 4.52. The van der Waals surface area contributed by atoms with E-state index in [2.05, 4.69) is 19.0 Å². The third kappa shape index (κ3) is 2.21. The highest BCUT2D eigenvalue weighted by atomic mass is 16.5. The van der Waals surface area contributed by atoms with E-state index in [1.807, 2.05) is 0 Å². The minimum Gasteiger partial charge on any atom is -0.411 e. The Hall–Kier alpha value is -0.570. The molecule has 1 N–H and O–H groups in total. The van der Waals surface area contributed by atoms with E-state index in [1.165, 1.54) is 0 Å². The van der Waals surface area contributed by atoms with Crippen LogP contribution in [0.3, 0.4) is 0 Å². The molecule has 1 aliphatic heterocycles. The van der Waals surface area contributed by atoms with Gasteiger partial charge in [-0.3, -0.25) is 0 Å². The Bertz CT molecular complexity index is 170. The Labute approximate surface area is 73.4 Å². The van der Waals surface area contributed by atoms with Crippen molar-refractivity contribution in [3.63, 3.8) is 0 Å². The molecule has 0 aromatic rings. The molecule has 70 valence electrons. The van der Waals surface area contributed by atoms with Gasteiger partial charge in [0.05, 0.1) is 5.60 Å². The maximum atomic E-state index is 8.39. The van der Waals surface area contributed by atoms with Crippen molar-refractivity contribution < 1.29 is 9.94 Å². The molecule has 1 heterocycles. The summed E-state index contributed by atoms with van der Waals surface area (Å²) in [5.74, 6) is 0.383. The first kappa shape index (κ1) is 9.52. The number of oxime groups is 1. The van der Waals surface area contributed by atoms with Crippen LogP contribution in [0.4, 0.5) is 0 Å². The van der Waals surface area contributed by atoms with Crippen molar-refractivity contribution in [2.45, 2.75) is 38.7 Å². The quantitative estimate of drug-likeness (QED) is 0.392. The van der Waals surface area contributed by atoms with Crippen molar-refractivity contribution in [1.29, 1.82) is 0 Å². The molecule has 3 heteroatoms. The third-order valence-electron chi connectivity index (χ3n) is 2.66. The molecular weight excluding hydrogens is 154 g/mol. The molecule has 1 fully saturated rings. The fourth-order valence-electron chi connectivity index (χ4n) is 1.64. The van der Waals surface area contributed by atoms with Gasteiger partial charge in [-0.2, -0.15) is 0 Å². The molecule has 0 aliphatic carbocycles. The highest BCUT2D eigenvalue weighted by Crippen LogP contribution is 2.30. The molecule has 3 nitrogen and oxygen atoms in total. The van der Waals surface area contributed by atoms with Crippen LogP contribution in [0.25, 0.3) is 0 Å². The number of hydrogen-bond acceptors (Lipinski definition) is 3. The van der Waals surface area contributed by atoms with Crippen LogP contribution < -0.4 is 0 Å². The van der Waals surface area contributed by atoms with Gasteiger partial charge in [0.1, 0.15) is 0 Å². The van der Waals surface area contributed by atoms with Crippen LogP contribution in [0.2, 0.25) is 0 Å². The Balaban J connectivity index is 2.50. The van der Waals surface area contributed by atoms with Gasteiger partial charge in [0.15, 0.2) is 0 Å². The van der Waals surface area contributed by atoms with Crippen LogP contribution in [-0.4, -0.2) is 23.6 Å². The molecule has 0 aromatic heterocycles. The monoisotopic (exact) mass is 171 g/mol. The summed E-state index contributed by atoms with van der Waals surface area (Å²) in [6, 6.07) is 0. The maximum Gasteiger partial charge on any atom is 0.0658 e. The van der Waals surface area contributed by atoms with Gasteiger partial charge in [-0.1, -0.05) is 6.92 Å². The molecule has 0 spiro atoms. The largest absolute Gasteiger partial charge is 0.411 e. The molecule has 2 unspecified atom stereocenters. The lowest BCUT2D eigenvalue weighted by Gasteiger charge is -2.36. The lowest BCUT2D eigenvalue weighted by molar-refractivity contribution is -0.0764. The fourth-order valence-corrected chi connectivity index (χ4v) is 1.64. The number of hydrogen-bond donors (Lipinski definition) is 1. The van der Waals surface area contributed by atoms with Gasteiger partial charge in [0.2, 0.25) is 0 Å². The van der Waals surface area contributed by atoms with E-state index < -0.39 is 0 Å². The van der Waals surface area contributed by atoms with Crippen molar-refractivity contribution in [3.8, 4) is 0 Å². The maximum absolute atomic E-state index is 8.39. The van der Waals surface area contributed by atoms with E-state index in [4.69, 9.17) is 9.94 Å². The molecule has 0 saturated carbocycles. The zero-order valence-corrected chi connectivity index (χ0v) is 7.79. The Morgan fingerprint density at radius 1 is 1.75 bits per heavy atom. The molecular formula is C9H17NO2. The van der Waals surface area contributed by atoms with Crippen LogP contribution >= 0.6 is 0 Å².